The SMILES string of the molecule is C=CC(=O)OC(C)(C)CCOC(C)(C)c1ccc(C(C)(C)c2ccc(C(C)(C)OCCC(C)(C)OC(O)C=C)cc2)cc1. The molecule has 0 aliphatic rings. The molecule has 0 spiro atoms. The largest absolute Gasteiger partial charge is 0.456 e. The van der Waals surface area contributed by atoms with Crippen LogP contribution in [0.2, 0.25) is 0 Å². The van der Waals surface area contributed by atoms with Crippen molar-refractivity contribution in [3.05, 3.63) is 96.1 Å². The lowest BCUT2D eigenvalue weighted by atomic mass is 9.77. The zero-order valence-corrected chi connectivity index (χ0v) is 28.1. The first-order chi connectivity index (χ1) is 19.7. The number of aliphatic hydroxyl groups is 1. The summed E-state index contributed by atoms with van der Waals surface area (Å²) >= 11 is 0. The fraction of sp³-hybridized carbons (Fsp3) is 0.541. The highest BCUT2D eigenvalue weighted by Gasteiger charge is 2.29. The Morgan fingerprint density at radius 3 is 1.44 bits per heavy atom. The second-order valence-electron chi connectivity index (χ2n) is 13.9. The van der Waals surface area contributed by atoms with E-state index in [1.165, 1.54) is 23.3 Å². The smallest absolute Gasteiger partial charge is 0.330 e. The third kappa shape index (κ3) is 10.7. The van der Waals surface area contributed by atoms with Gasteiger partial charge in [0.15, 0.2) is 6.29 Å². The first-order valence-corrected chi connectivity index (χ1v) is 15.1. The number of aliphatic hydroxyl groups excluding tert-OH is 1. The average molecular weight is 595 g/mol. The van der Waals surface area contributed by atoms with Crippen LogP contribution in [0.1, 0.15) is 104 Å². The number of ether oxygens (including phenoxy) is 4. The summed E-state index contributed by atoms with van der Waals surface area (Å²) in [6.45, 7) is 28.3. The lowest BCUT2D eigenvalue weighted by molar-refractivity contribution is -0.158. The van der Waals surface area contributed by atoms with E-state index in [0.717, 1.165) is 11.1 Å². The molecule has 2 aromatic rings. The Balaban J connectivity index is 2.05. The van der Waals surface area contributed by atoms with Gasteiger partial charge >= 0.3 is 5.97 Å². The first-order valence-electron chi connectivity index (χ1n) is 15.1. The Hall–Kier alpha value is -2.77. The number of esters is 1. The maximum atomic E-state index is 11.6. The molecular weight excluding hydrogens is 540 g/mol. The summed E-state index contributed by atoms with van der Waals surface area (Å²) in [6.07, 6.45) is 2.77. The minimum absolute atomic E-state index is 0.209. The fourth-order valence-corrected chi connectivity index (χ4v) is 4.81. The molecule has 43 heavy (non-hydrogen) atoms. The van der Waals surface area contributed by atoms with Gasteiger partial charge in [0.05, 0.1) is 30.0 Å². The standard InChI is InChI=1S/C37H54O6/c1-13-31(38)42-33(3,4)23-25-40-36(9,10)29-19-15-27(16-20-29)35(7,8)28-17-21-30(22-18-28)37(11,12)41-26-24-34(5,6)43-32(39)14-2/h13-22,31,38H,1-2,23-26H2,3-12H3. The Morgan fingerprint density at radius 2 is 1.07 bits per heavy atom. The van der Waals surface area contributed by atoms with E-state index in [2.05, 4.69) is 103 Å². The van der Waals surface area contributed by atoms with E-state index in [-0.39, 0.29) is 5.41 Å². The van der Waals surface area contributed by atoms with Gasteiger partial charge in [0, 0.05) is 17.9 Å². The molecule has 2 rings (SSSR count). The molecule has 0 radical (unpaired) electrons. The molecule has 0 aromatic heterocycles. The highest BCUT2D eigenvalue weighted by Crippen LogP contribution is 2.35. The molecule has 2 aromatic carbocycles. The summed E-state index contributed by atoms with van der Waals surface area (Å²) in [5.41, 5.74) is 2.23. The molecule has 0 saturated carbocycles. The van der Waals surface area contributed by atoms with Crippen molar-refractivity contribution in [2.75, 3.05) is 13.2 Å². The summed E-state index contributed by atoms with van der Waals surface area (Å²) in [7, 11) is 0. The highest BCUT2D eigenvalue weighted by molar-refractivity contribution is 5.81. The minimum atomic E-state index is -0.991. The van der Waals surface area contributed by atoms with Gasteiger partial charge in [-0.25, -0.2) is 4.79 Å². The van der Waals surface area contributed by atoms with E-state index in [0.29, 0.717) is 26.1 Å². The van der Waals surface area contributed by atoms with Crippen LogP contribution >= 0.6 is 0 Å². The highest BCUT2D eigenvalue weighted by atomic mass is 16.6. The van der Waals surface area contributed by atoms with Gasteiger partial charge in [-0.2, -0.15) is 0 Å². The van der Waals surface area contributed by atoms with Crippen LogP contribution in [0.25, 0.3) is 0 Å². The van der Waals surface area contributed by atoms with Crippen LogP contribution < -0.4 is 0 Å². The molecule has 0 aliphatic heterocycles. The van der Waals surface area contributed by atoms with Crippen LogP contribution in [-0.4, -0.2) is 41.8 Å². The van der Waals surface area contributed by atoms with Gasteiger partial charge in [0.1, 0.15) is 5.60 Å². The number of carbonyl (C=O) groups is 1. The van der Waals surface area contributed by atoms with E-state index in [4.69, 9.17) is 18.9 Å². The minimum Gasteiger partial charge on any atom is -0.456 e. The quantitative estimate of drug-likeness (QED) is 0.0863. The molecule has 0 fully saturated rings. The number of benzene rings is 2. The maximum absolute atomic E-state index is 11.6. The lowest BCUT2D eigenvalue weighted by Gasteiger charge is -2.32. The maximum Gasteiger partial charge on any atom is 0.330 e. The normalized spacial score (nSPS) is 13.8. The van der Waals surface area contributed by atoms with Crippen molar-refractivity contribution in [1.82, 2.24) is 0 Å². The zero-order valence-electron chi connectivity index (χ0n) is 28.1. The van der Waals surface area contributed by atoms with E-state index < -0.39 is 34.7 Å². The molecule has 0 heterocycles. The molecule has 6 heteroatoms. The summed E-state index contributed by atoms with van der Waals surface area (Å²) in [5.74, 6) is -0.429. The summed E-state index contributed by atoms with van der Waals surface area (Å²) in [5, 5.41) is 9.74. The van der Waals surface area contributed by atoms with Crippen LogP contribution in [0.5, 0.6) is 0 Å². The molecule has 6 nitrogen and oxygen atoms in total. The van der Waals surface area contributed by atoms with E-state index in [1.54, 1.807) is 0 Å². The van der Waals surface area contributed by atoms with Gasteiger partial charge in [0.25, 0.3) is 0 Å². The zero-order chi connectivity index (χ0) is 32.7. The molecule has 0 amide bonds. The van der Waals surface area contributed by atoms with Crippen molar-refractivity contribution >= 4 is 5.97 Å². The van der Waals surface area contributed by atoms with E-state index in [1.807, 2.05) is 27.7 Å². The second-order valence-corrected chi connectivity index (χ2v) is 13.9. The predicted molar refractivity (Wildman–Crippen MR) is 174 cm³/mol. The van der Waals surface area contributed by atoms with Gasteiger partial charge in [0.2, 0.25) is 0 Å². The predicted octanol–water partition coefficient (Wildman–Crippen LogP) is 8.10. The third-order valence-corrected chi connectivity index (χ3v) is 8.12. The average Bonchev–Trinajstić information content (AvgIpc) is 2.92. The summed E-state index contributed by atoms with van der Waals surface area (Å²) in [4.78, 5) is 11.6. The number of hydrogen-bond donors (Lipinski definition) is 1. The van der Waals surface area contributed by atoms with Crippen LogP contribution in [0, 0.1) is 0 Å². The van der Waals surface area contributed by atoms with Crippen molar-refractivity contribution in [1.29, 1.82) is 0 Å². The Bertz CT molecular complexity index is 1200. The molecule has 1 atom stereocenters. The van der Waals surface area contributed by atoms with Crippen molar-refractivity contribution in [2.45, 2.75) is 116 Å². The Morgan fingerprint density at radius 1 is 0.698 bits per heavy atom. The van der Waals surface area contributed by atoms with Gasteiger partial charge in [-0.05, 0) is 90.1 Å². The first kappa shape index (κ1) is 36.4. The van der Waals surface area contributed by atoms with Gasteiger partial charge in [-0.1, -0.05) is 75.5 Å². The summed E-state index contributed by atoms with van der Waals surface area (Å²) < 4.78 is 23.5. The third-order valence-electron chi connectivity index (χ3n) is 8.12. The van der Waals surface area contributed by atoms with Crippen LogP contribution in [-0.2, 0) is 40.4 Å². The summed E-state index contributed by atoms with van der Waals surface area (Å²) in [6, 6.07) is 17.2. The monoisotopic (exact) mass is 594 g/mol. The molecule has 238 valence electrons. The van der Waals surface area contributed by atoms with Gasteiger partial charge in [-0.15, -0.1) is 0 Å². The second kappa shape index (κ2) is 14.3. The topological polar surface area (TPSA) is 74.2 Å². The number of rotatable bonds is 17. The Labute approximate surface area is 260 Å². The number of hydrogen-bond acceptors (Lipinski definition) is 6. The molecule has 0 bridgehead atoms. The molecular formula is C37H54O6. The molecule has 0 aliphatic carbocycles. The van der Waals surface area contributed by atoms with E-state index in [9.17, 15) is 9.90 Å². The van der Waals surface area contributed by atoms with Crippen LogP contribution in [0.3, 0.4) is 0 Å². The molecule has 1 N–H and O–H groups in total. The van der Waals surface area contributed by atoms with Gasteiger partial charge in [-0.3, -0.25) is 0 Å². The van der Waals surface area contributed by atoms with Crippen molar-refractivity contribution < 1.29 is 28.8 Å². The lowest BCUT2D eigenvalue weighted by Crippen LogP contribution is -2.32. The van der Waals surface area contributed by atoms with Crippen molar-refractivity contribution in [3.8, 4) is 0 Å². The van der Waals surface area contributed by atoms with Crippen molar-refractivity contribution in [3.63, 3.8) is 0 Å². The van der Waals surface area contributed by atoms with Crippen molar-refractivity contribution in [2.24, 2.45) is 0 Å². The molecule has 0 saturated heterocycles. The van der Waals surface area contributed by atoms with E-state index >= 15 is 0 Å². The number of carbonyl (C=O) groups excluding carboxylic acids is 1. The van der Waals surface area contributed by atoms with Gasteiger partial charge < -0.3 is 24.1 Å². The van der Waals surface area contributed by atoms with Crippen LogP contribution in [0.4, 0.5) is 0 Å². The Kier molecular flexibility index (Phi) is 12.1. The fourth-order valence-electron chi connectivity index (χ4n) is 4.81. The molecule has 1 unspecified atom stereocenters. The van der Waals surface area contributed by atoms with Crippen LogP contribution in [0.15, 0.2) is 73.8 Å².